The third-order valence-corrected chi connectivity index (χ3v) is 3.98. The van der Waals surface area contributed by atoms with Crippen LogP contribution in [-0.2, 0) is 14.8 Å². The van der Waals surface area contributed by atoms with Gasteiger partial charge < -0.3 is 4.74 Å². The van der Waals surface area contributed by atoms with Gasteiger partial charge in [-0.3, -0.25) is 0 Å². The molecule has 92 valence electrons. The molecule has 0 aromatic heterocycles. The van der Waals surface area contributed by atoms with Crippen LogP contribution >= 0.6 is 0 Å². The van der Waals surface area contributed by atoms with E-state index >= 15 is 0 Å². The van der Waals surface area contributed by atoms with Crippen molar-refractivity contribution in [3.63, 3.8) is 0 Å². The highest BCUT2D eigenvalue weighted by molar-refractivity contribution is 7.89. The highest BCUT2D eigenvalue weighted by Crippen LogP contribution is 2.13. The zero-order chi connectivity index (χ0) is 12.0. The summed E-state index contributed by atoms with van der Waals surface area (Å²) >= 11 is 0. The summed E-state index contributed by atoms with van der Waals surface area (Å²) in [6.45, 7) is 2.63. The van der Waals surface area contributed by atoms with Crippen molar-refractivity contribution in [1.29, 1.82) is 0 Å². The SMILES string of the molecule is C#CC(CCC)NS(=O)(=O)CC1CCCO1. The van der Waals surface area contributed by atoms with E-state index in [0.717, 1.165) is 19.3 Å². The van der Waals surface area contributed by atoms with E-state index in [9.17, 15) is 8.42 Å². The van der Waals surface area contributed by atoms with Gasteiger partial charge in [-0.05, 0) is 19.3 Å². The van der Waals surface area contributed by atoms with Crippen molar-refractivity contribution in [1.82, 2.24) is 4.72 Å². The minimum absolute atomic E-state index is 0.0227. The van der Waals surface area contributed by atoms with Crippen molar-refractivity contribution in [2.75, 3.05) is 12.4 Å². The zero-order valence-electron chi connectivity index (χ0n) is 9.61. The van der Waals surface area contributed by atoms with Crippen molar-refractivity contribution in [2.24, 2.45) is 0 Å². The highest BCUT2D eigenvalue weighted by Gasteiger charge is 2.24. The van der Waals surface area contributed by atoms with Gasteiger partial charge in [-0.15, -0.1) is 6.42 Å². The van der Waals surface area contributed by atoms with Gasteiger partial charge in [0.25, 0.3) is 0 Å². The number of ether oxygens (including phenoxy) is 1. The number of hydrogen-bond acceptors (Lipinski definition) is 3. The van der Waals surface area contributed by atoms with Crippen LogP contribution in [0, 0.1) is 12.3 Å². The lowest BCUT2D eigenvalue weighted by Crippen LogP contribution is -2.38. The molecule has 1 fully saturated rings. The molecule has 2 atom stereocenters. The maximum Gasteiger partial charge on any atom is 0.215 e. The second kappa shape index (κ2) is 6.24. The van der Waals surface area contributed by atoms with Gasteiger partial charge in [0.05, 0.1) is 17.9 Å². The Morgan fingerprint density at radius 1 is 1.62 bits per heavy atom. The maximum atomic E-state index is 11.7. The van der Waals surface area contributed by atoms with Crippen LogP contribution in [0.2, 0.25) is 0 Å². The Labute approximate surface area is 97.8 Å². The van der Waals surface area contributed by atoms with Gasteiger partial charge in [-0.1, -0.05) is 19.3 Å². The van der Waals surface area contributed by atoms with Gasteiger partial charge >= 0.3 is 0 Å². The molecule has 1 heterocycles. The van der Waals surface area contributed by atoms with E-state index in [-0.39, 0.29) is 11.9 Å². The molecule has 16 heavy (non-hydrogen) atoms. The summed E-state index contributed by atoms with van der Waals surface area (Å²) in [5.41, 5.74) is 0. The van der Waals surface area contributed by atoms with Gasteiger partial charge in [-0.25, -0.2) is 13.1 Å². The predicted octanol–water partition coefficient (Wildman–Crippen LogP) is 0.887. The summed E-state index contributed by atoms with van der Waals surface area (Å²) < 4.78 is 31.3. The van der Waals surface area contributed by atoms with Gasteiger partial charge in [0, 0.05) is 6.61 Å². The summed E-state index contributed by atoms with van der Waals surface area (Å²) in [4.78, 5) is 0. The average molecular weight is 245 g/mol. The first-order valence-corrected chi connectivity index (χ1v) is 7.30. The molecule has 4 nitrogen and oxygen atoms in total. The molecule has 0 radical (unpaired) electrons. The Kier molecular flexibility index (Phi) is 5.26. The van der Waals surface area contributed by atoms with Gasteiger partial charge in [0.1, 0.15) is 0 Å². The summed E-state index contributed by atoms with van der Waals surface area (Å²) in [5.74, 6) is 2.48. The summed E-state index contributed by atoms with van der Waals surface area (Å²) in [5, 5.41) is 0. The molecular weight excluding hydrogens is 226 g/mol. The Morgan fingerprint density at radius 2 is 2.38 bits per heavy atom. The van der Waals surface area contributed by atoms with E-state index in [1.807, 2.05) is 6.92 Å². The molecule has 1 aliphatic rings. The number of terminal acetylenes is 1. The van der Waals surface area contributed by atoms with E-state index in [1.165, 1.54) is 0 Å². The maximum absolute atomic E-state index is 11.7. The largest absolute Gasteiger partial charge is 0.377 e. The van der Waals surface area contributed by atoms with E-state index < -0.39 is 16.1 Å². The molecule has 0 aromatic carbocycles. The van der Waals surface area contributed by atoms with Gasteiger partial charge in [-0.2, -0.15) is 0 Å². The fourth-order valence-corrected chi connectivity index (χ4v) is 3.22. The molecule has 0 aromatic rings. The molecule has 1 N–H and O–H groups in total. The van der Waals surface area contributed by atoms with Gasteiger partial charge in [0.15, 0.2) is 0 Å². The Bertz CT molecular complexity index is 339. The number of nitrogens with one attached hydrogen (secondary N) is 1. The minimum atomic E-state index is -3.32. The Hall–Kier alpha value is -0.570. The molecule has 2 unspecified atom stereocenters. The van der Waals surface area contributed by atoms with E-state index in [2.05, 4.69) is 10.6 Å². The number of hydrogen-bond donors (Lipinski definition) is 1. The lowest BCUT2D eigenvalue weighted by atomic mass is 10.2. The predicted molar refractivity (Wildman–Crippen MR) is 63.4 cm³/mol. The monoisotopic (exact) mass is 245 g/mol. The van der Waals surface area contributed by atoms with Crippen LogP contribution in [0.1, 0.15) is 32.6 Å². The molecule has 1 saturated heterocycles. The van der Waals surface area contributed by atoms with Crippen LogP contribution < -0.4 is 4.72 Å². The molecular formula is C11H19NO3S. The van der Waals surface area contributed by atoms with E-state index in [0.29, 0.717) is 13.0 Å². The van der Waals surface area contributed by atoms with Crippen molar-refractivity contribution >= 4 is 10.0 Å². The van der Waals surface area contributed by atoms with Crippen LogP contribution in [-0.4, -0.2) is 32.9 Å². The molecule has 0 saturated carbocycles. The second-order valence-corrected chi connectivity index (χ2v) is 5.84. The van der Waals surface area contributed by atoms with Crippen molar-refractivity contribution in [3.05, 3.63) is 0 Å². The first kappa shape index (κ1) is 13.5. The zero-order valence-corrected chi connectivity index (χ0v) is 10.4. The standard InChI is InChI=1S/C11H19NO3S/c1-3-6-10(4-2)12-16(13,14)9-11-7-5-8-15-11/h2,10-12H,3,5-9H2,1H3. The Morgan fingerprint density at radius 3 is 2.88 bits per heavy atom. The Balaban J connectivity index is 2.46. The summed E-state index contributed by atoms with van der Waals surface area (Å²) in [6.07, 6.45) is 8.38. The summed E-state index contributed by atoms with van der Waals surface area (Å²) in [6, 6.07) is -0.392. The normalized spacial score (nSPS) is 22.9. The van der Waals surface area contributed by atoms with E-state index in [4.69, 9.17) is 11.2 Å². The molecule has 5 heteroatoms. The topological polar surface area (TPSA) is 55.4 Å². The quantitative estimate of drug-likeness (QED) is 0.707. The van der Waals surface area contributed by atoms with Crippen LogP contribution in [0.15, 0.2) is 0 Å². The third kappa shape index (κ3) is 4.52. The second-order valence-electron chi connectivity index (χ2n) is 4.04. The first-order valence-electron chi connectivity index (χ1n) is 5.65. The molecule has 0 amide bonds. The van der Waals surface area contributed by atoms with E-state index in [1.54, 1.807) is 0 Å². The average Bonchev–Trinajstić information content (AvgIpc) is 2.68. The van der Waals surface area contributed by atoms with Crippen LogP contribution in [0.5, 0.6) is 0 Å². The number of rotatable bonds is 6. The molecule has 0 spiro atoms. The fraction of sp³-hybridized carbons (Fsp3) is 0.818. The van der Waals surface area contributed by atoms with Gasteiger partial charge in [0.2, 0.25) is 10.0 Å². The molecule has 1 rings (SSSR count). The lowest BCUT2D eigenvalue weighted by Gasteiger charge is -2.15. The minimum Gasteiger partial charge on any atom is -0.377 e. The van der Waals surface area contributed by atoms with Crippen molar-refractivity contribution in [2.45, 2.75) is 44.8 Å². The molecule has 1 aliphatic heterocycles. The van der Waals surface area contributed by atoms with Crippen LogP contribution in [0.3, 0.4) is 0 Å². The van der Waals surface area contributed by atoms with Crippen LogP contribution in [0.25, 0.3) is 0 Å². The lowest BCUT2D eigenvalue weighted by molar-refractivity contribution is 0.127. The third-order valence-electron chi connectivity index (χ3n) is 2.53. The molecule has 0 aliphatic carbocycles. The van der Waals surface area contributed by atoms with Crippen molar-refractivity contribution < 1.29 is 13.2 Å². The molecule has 0 bridgehead atoms. The fourth-order valence-electron chi connectivity index (χ4n) is 1.75. The van der Waals surface area contributed by atoms with Crippen LogP contribution in [0.4, 0.5) is 0 Å². The first-order chi connectivity index (χ1) is 7.57. The number of sulfonamides is 1. The highest BCUT2D eigenvalue weighted by atomic mass is 32.2. The smallest absolute Gasteiger partial charge is 0.215 e. The van der Waals surface area contributed by atoms with Crippen molar-refractivity contribution in [3.8, 4) is 12.3 Å². The summed E-state index contributed by atoms with van der Waals surface area (Å²) in [7, 11) is -3.32.